The fraction of sp³-hybridized carbons (Fsp3) is 0.409. The third-order valence-corrected chi connectivity index (χ3v) is 5.20. The molecule has 6 nitrogen and oxygen atoms in total. The Kier molecular flexibility index (Phi) is 6.67. The van der Waals surface area contributed by atoms with Gasteiger partial charge in [0.1, 0.15) is 5.75 Å². The summed E-state index contributed by atoms with van der Waals surface area (Å²) in [5.74, 6) is 0.409. The Morgan fingerprint density at radius 2 is 1.61 bits per heavy atom. The molecule has 6 heteroatoms. The second kappa shape index (κ2) is 9.19. The first-order valence-corrected chi connectivity index (χ1v) is 9.77. The lowest BCUT2D eigenvalue weighted by Crippen LogP contribution is -2.62. The van der Waals surface area contributed by atoms with Crippen molar-refractivity contribution >= 4 is 11.6 Å². The summed E-state index contributed by atoms with van der Waals surface area (Å²) in [4.78, 5) is 12.8. The van der Waals surface area contributed by atoms with Crippen LogP contribution in [0.5, 0.6) is 5.75 Å². The maximum atomic E-state index is 12.8. The lowest BCUT2D eigenvalue weighted by atomic mass is 9.97. The number of amides is 1. The van der Waals surface area contributed by atoms with Crippen LogP contribution >= 0.6 is 0 Å². The number of hydrogen-bond acceptors (Lipinski definition) is 5. The van der Waals surface area contributed by atoms with Crippen molar-refractivity contribution < 1.29 is 9.53 Å². The second-order valence-corrected chi connectivity index (χ2v) is 7.49. The summed E-state index contributed by atoms with van der Waals surface area (Å²) in [6.07, 6.45) is 0.907. The molecule has 3 unspecified atom stereocenters. The maximum absolute atomic E-state index is 12.8. The van der Waals surface area contributed by atoms with E-state index in [2.05, 4.69) is 29.8 Å². The molecule has 28 heavy (non-hydrogen) atoms. The van der Waals surface area contributed by atoms with Gasteiger partial charge in [0.2, 0.25) is 5.91 Å². The van der Waals surface area contributed by atoms with Gasteiger partial charge in [0.25, 0.3) is 0 Å². The van der Waals surface area contributed by atoms with Crippen molar-refractivity contribution in [3.8, 4) is 16.9 Å². The molecule has 150 valence electrons. The van der Waals surface area contributed by atoms with Crippen LogP contribution in [0.4, 0.5) is 5.69 Å². The normalized spacial score (nSPS) is 23.1. The van der Waals surface area contributed by atoms with Crippen LogP contribution in [0, 0.1) is 5.92 Å². The summed E-state index contributed by atoms with van der Waals surface area (Å²) in [5, 5.41) is 9.88. The summed E-state index contributed by atoms with van der Waals surface area (Å²) in [6, 6.07) is 16.4. The number of methoxy groups -OCH3 is 1. The smallest absolute Gasteiger partial charge is 0.231 e. The van der Waals surface area contributed by atoms with Crippen LogP contribution in [0.2, 0.25) is 0 Å². The third-order valence-electron chi connectivity index (χ3n) is 5.20. The van der Waals surface area contributed by atoms with E-state index in [0.717, 1.165) is 29.0 Å². The van der Waals surface area contributed by atoms with Crippen molar-refractivity contribution in [2.24, 2.45) is 11.7 Å². The number of hydrogen-bond donors (Lipinski definition) is 4. The highest BCUT2D eigenvalue weighted by molar-refractivity contribution is 5.93. The Morgan fingerprint density at radius 3 is 2.11 bits per heavy atom. The Morgan fingerprint density at radius 1 is 1.07 bits per heavy atom. The summed E-state index contributed by atoms with van der Waals surface area (Å²) < 4.78 is 5.20. The molecule has 5 N–H and O–H groups in total. The van der Waals surface area contributed by atoms with Crippen molar-refractivity contribution in [3.05, 3.63) is 48.5 Å². The average Bonchev–Trinajstić information content (AvgIpc) is 2.68. The van der Waals surface area contributed by atoms with Crippen molar-refractivity contribution in [3.63, 3.8) is 0 Å². The maximum Gasteiger partial charge on any atom is 0.231 e. The number of anilines is 1. The zero-order chi connectivity index (χ0) is 20.1. The van der Waals surface area contributed by atoms with Gasteiger partial charge >= 0.3 is 0 Å². The minimum Gasteiger partial charge on any atom is -0.497 e. The van der Waals surface area contributed by atoms with Crippen LogP contribution in [-0.2, 0) is 4.79 Å². The van der Waals surface area contributed by atoms with Gasteiger partial charge in [0, 0.05) is 24.3 Å². The standard InChI is InChI=1S/C22H30N4O2/c1-14-12-15(2)25-21(24-14)20(13-23)22(27)26-18-8-4-16(5-9-18)17-6-10-19(28-3)11-7-17/h4-11,14-15,20-21,24-25H,12-13,23H2,1-3H3,(H,26,27). The molecule has 1 heterocycles. The second-order valence-electron chi connectivity index (χ2n) is 7.49. The van der Waals surface area contributed by atoms with Crippen molar-refractivity contribution in [2.75, 3.05) is 19.0 Å². The third kappa shape index (κ3) is 4.90. The van der Waals surface area contributed by atoms with E-state index in [4.69, 9.17) is 10.5 Å². The number of nitrogens with two attached hydrogens (primary N) is 1. The van der Waals surface area contributed by atoms with Gasteiger partial charge in [-0.2, -0.15) is 0 Å². The molecule has 0 spiro atoms. The summed E-state index contributed by atoms with van der Waals surface area (Å²) in [7, 11) is 1.65. The molecule has 1 saturated heterocycles. The molecular weight excluding hydrogens is 352 g/mol. The van der Waals surface area contributed by atoms with Crippen molar-refractivity contribution in [2.45, 2.75) is 38.5 Å². The SMILES string of the molecule is COc1ccc(-c2ccc(NC(=O)C(CN)C3NC(C)CC(C)N3)cc2)cc1. The Hall–Kier alpha value is -2.41. The average molecular weight is 383 g/mol. The Bertz CT molecular complexity index is 766. The summed E-state index contributed by atoms with van der Waals surface area (Å²) >= 11 is 0. The lowest BCUT2D eigenvalue weighted by molar-refractivity contribution is -0.121. The van der Waals surface area contributed by atoms with Gasteiger partial charge in [0.05, 0.1) is 19.2 Å². The first-order valence-electron chi connectivity index (χ1n) is 9.77. The molecule has 0 bridgehead atoms. The van der Waals surface area contributed by atoms with E-state index in [1.165, 1.54) is 0 Å². The van der Waals surface area contributed by atoms with Gasteiger partial charge in [-0.05, 0) is 55.7 Å². The zero-order valence-corrected chi connectivity index (χ0v) is 16.7. The molecule has 0 saturated carbocycles. The molecular formula is C22H30N4O2. The molecule has 0 aromatic heterocycles. The largest absolute Gasteiger partial charge is 0.497 e. The Balaban J connectivity index is 1.65. The van der Waals surface area contributed by atoms with Crippen LogP contribution in [-0.4, -0.2) is 37.8 Å². The van der Waals surface area contributed by atoms with Gasteiger partial charge < -0.3 is 15.8 Å². The van der Waals surface area contributed by atoms with Gasteiger partial charge in [-0.25, -0.2) is 0 Å². The topological polar surface area (TPSA) is 88.4 Å². The van der Waals surface area contributed by atoms with Gasteiger partial charge in [0.15, 0.2) is 0 Å². The lowest BCUT2D eigenvalue weighted by Gasteiger charge is -2.38. The zero-order valence-electron chi connectivity index (χ0n) is 16.7. The van der Waals surface area contributed by atoms with Crippen LogP contribution in [0.15, 0.2) is 48.5 Å². The van der Waals surface area contributed by atoms with Gasteiger partial charge in [-0.3, -0.25) is 15.4 Å². The highest BCUT2D eigenvalue weighted by Gasteiger charge is 2.32. The number of benzene rings is 2. The van der Waals surface area contributed by atoms with Crippen LogP contribution < -0.4 is 26.4 Å². The number of rotatable bonds is 6. The molecule has 0 aliphatic carbocycles. The number of nitrogens with one attached hydrogen (secondary N) is 3. The number of ether oxygens (including phenoxy) is 1. The number of carbonyl (C=O) groups excluding carboxylic acids is 1. The van der Waals surface area contributed by atoms with Crippen LogP contribution in [0.25, 0.3) is 11.1 Å². The summed E-state index contributed by atoms with van der Waals surface area (Å²) in [6.45, 7) is 4.54. The molecule has 0 radical (unpaired) electrons. The predicted molar refractivity (Wildman–Crippen MR) is 113 cm³/mol. The van der Waals surface area contributed by atoms with E-state index in [0.29, 0.717) is 12.1 Å². The van der Waals surface area contributed by atoms with Crippen molar-refractivity contribution in [1.29, 1.82) is 0 Å². The van der Waals surface area contributed by atoms with Crippen molar-refractivity contribution in [1.82, 2.24) is 10.6 Å². The highest BCUT2D eigenvalue weighted by Crippen LogP contribution is 2.24. The monoisotopic (exact) mass is 382 g/mol. The van der Waals surface area contributed by atoms with Gasteiger partial charge in [-0.15, -0.1) is 0 Å². The molecule has 2 aromatic carbocycles. The van der Waals surface area contributed by atoms with E-state index in [1.807, 2.05) is 48.5 Å². The molecule has 1 aliphatic heterocycles. The van der Waals surface area contributed by atoms with E-state index >= 15 is 0 Å². The van der Waals surface area contributed by atoms with E-state index in [9.17, 15) is 4.79 Å². The van der Waals surface area contributed by atoms with E-state index in [1.54, 1.807) is 7.11 Å². The first-order chi connectivity index (χ1) is 13.5. The molecule has 3 atom stereocenters. The first kappa shape index (κ1) is 20.3. The number of carbonyl (C=O) groups is 1. The van der Waals surface area contributed by atoms with Crippen LogP contribution in [0.1, 0.15) is 20.3 Å². The van der Waals surface area contributed by atoms with Gasteiger partial charge in [-0.1, -0.05) is 24.3 Å². The highest BCUT2D eigenvalue weighted by atomic mass is 16.5. The molecule has 1 amide bonds. The van der Waals surface area contributed by atoms with E-state index < -0.39 is 0 Å². The minimum atomic E-state index is -0.341. The Labute approximate surface area is 166 Å². The van der Waals surface area contributed by atoms with E-state index in [-0.39, 0.29) is 24.5 Å². The fourth-order valence-corrected chi connectivity index (χ4v) is 3.72. The van der Waals surface area contributed by atoms with Crippen LogP contribution in [0.3, 0.4) is 0 Å². The molecule has 2 aromatic rings. The summed E-state index contributed by atoms with van der Waals surface area (Å²) in [5.41, 5.74) is 8.86. The molecule has 1 fully saturated rings. The fourth-order valence-electron chi connectivity index (χ4n) is 3.72. The molecule has 3 rings (SSSR count). The minimum absolute atomic E-state index is 0.0778. The predicted octanol–water partition coefficient (Wildman–Crippen LogP) is 2.56. The quantitative estimate of drug-likeness (QED) is 0.617. The molecule has 1 aliphatic rings.